The fourth-order valence-electron chi connectivity index (χ4n) is 1.55. The van der Waals surface area contributed by atoms with Gasteiger partial charge in [0.15, 0.2) is 0 Å². The fraction of sp³-hybridized carbons (Fsp3) is 0.385. The van der Waals surface area contributed by atoms with Gasteiger partial charge in [-0.25, -0.2) is 0 Å². The number of benzene rings is 1. The van der Waals surface area contributed by atoms with Crippen molar-refractivity contribution in [2.45, 2.75) is 19.3 Å². The van der Waals surface area contributed by atoms with Crippen molar-refractivity contribution in [1.29, 1.82) is 0 Å². The topological polar surface area (TPSA) is 52.6 Å². The number of carbonyl (C=O) groups is 2. The number of esters is 2. The van der Waals surface area contributed by atoms with Gasteiger partial charge in [0.2, 0.25) is 0 Å². The van der Waals surface area contributed by atoms with Crippen LogP contribution in [0.3, 0.4) is 0 Å². The Bertz CT molecular complexity index is 443. The van der Waals surface area contributed by atoms with Crippen molar-refractivity contribution in [3.05, 3.63) is 33.8 Å². The van der Waals surface area contributed by atoms with E-state index in [1.165, 1.54) is 14.2 Å². The molecular weight excluding hydrogens is 300 g/mol. The Morgan fingerprint density at radius 1 is 1.06 bits per heavy atom. The molecule has 1 rings (SSSR count). The molecule has 0 bridgehead atoms. The number of carbonyl (C=O) groups excluding carboxylic acids is 2. The minimum atomic E-state index is -0.285. The molecule has 0 N–H and O–H groups in total. The van der Waals surface area contributed by atoms with Gasteiger partial charge >= 0.3 is 11.9 Å². The minimum Gasteiger partial charge on any atom is -0.469 e. The van der Waals surface area contributed by atoms with Crippen LogP contribution in [0.25, 0.3) is 0 Å². The molecule has 0 fully saturated rings. The van der Waals surface area contributed by atoms with Crippen molar-refractivity contribution in [2.75, 3.05) is 14.2 Å². The van der Waals surface area contributed by atoms with Gasteiger partial charge in [0.25, 0.3) is 0 Å². The summed E-state index contributed by atoms with van der Waals surface area (Å²) in [4.78, 5) is 22.3. The van der Waals surface area contributed by atoms with E-state index in [4.69, 9.17) is 0 Å². The van der Waals surface area contributed by atoms with E-state index in [1.807, 2.05) is 18.2 Å². The summed E-state index contributed by atoms with van der Waals surface area (Å²) >= 11 is 3.38. The van der Waals surface area contributed by atoms with Crippen LogP contribution in [0, 0.1) is 0 Å². The number of hydrogen-bond acceptors (Lipinski definition) is 4. The van der Waals surface area contributed by atoms with Gasteiger partial charge in [-0.3, -0.25) is 9.59 Å². The van der Waals surface area contributed by atoms with E-state index in [1.54, 1.807) is 0 Å². The summed E-state index contributed by atoms with van der Waals surface area (Å²) in [5, 5.41) is 0. The van der Waals surface area contributed by atoms with Gasteiger partial charge in [-0.1, -0.05) is 22.0 Å². The van der Waals surface area contributed by atoms with Crippen molar-refractivity contribution in [3.63, 3.8) is 0 Å². The van der Waals surface area contributed by atoms with Crippen LogP contribution in [0.4, 0.5) is 0 Å². The third-order valence-corrected chi connectivity index (χ3v) is 2.90. The lowest BCUT2D eigenvalue weighted by molar-refractivity contribution is -0.141. The lowest BCUT2D eigenvalue weighted by Gasteiger charge is -2.06. The molecule has 0 heterocycles. The highest BCUT2D eigenvalue weighted by atomic mass is 79.9. The molecule has 0 amide bonds. The maximum Gasteiger partial charge on any atom is 0.309 e. The number of methoxy groups -OCH3 is 2. The van der Waals surface area contributed by atoms with Gasteiger partial charge in [-0.05, 0) is 29.7 Å². The Kier molecular flexibility index (Phi) is 5.85. The van der Waals surface area contributed by atoms with E-state index in [0.29, 0.717) is 12.8 Å². The van der Waals surface area contributed by atoms with Crippen LogP contribution < -0.4 is 0 Å². The van der Waals surface area contributed by atoms with Crippen molar-refractivity contribution in [1.82, 2.24) is 0 Å². The van der Waals surface area contributed by atoms with Gasteiger partial charge in [-0.15, -0.1) is 0 Å². The number of hydrogen-bond donors (Lipinski definition) is 0. The second-order valence-electron chi connectivity index (χ2n) is 3.80. The lowest BCUT2D eigenvalue weighted by atomic mass is 10.0. The molecule has 4 nitrogen and oxygen atoms in total. The van der Waals surface area contributed by atoms with E-state index >= 15 is 0 Å². The summed E-state index contributed by atoms with van der Waals surface area (Å²) in [7, 11) is 2.73. The summed E-state index contributed by atoms with van der Waals surface area (Å²) in [6, 6.07) is 5.67. The van der Waals surface area contributed by atoms with Gasteiger partial charge < -0.3 is 9.47 Å². The van der Waals surface area contributed by atoms with Crippen LogP contribution >= 0.6 is 15.9 Å². The lowest BCUT2D eigenvalue weighted by Crippen LogP contribution is -2.06. The molecule has 18 heavy (non-hydrogen) atoms. The average Bonchev–Trinajstić information content (AvgIpc) is 2.35. The maximum atomic E-state index is 11.2. The molecule has 1 aromatic rings. The van der Waals surface area contributed by atoms with E-state index in [-0.39, 0.29) is 18.4 Å². The predicted octanol–water partition coefficient (Wildman–Crippen LogP) is 2.27. The molecule has 5 heteroatoms. The first-order chi connectivity index (χ1) is 8.55. The number of halogens is 1. The Labute approximate surface area is 114 Å². The van der Waals surface area contributed by atoms with E-state index in [2.05, 4.69) is 25.4 Å². The van der Waals surface area contributed by atoms with Gasteiger partial charge in [0.05, 0.1) is 20.6 Å². The van der Waals surface area contributed by atoms with Crippen LogP contribution in [0.15, 0.2) is 22.7 Å². The molecule has 0 saturated carbocycles. The fourth-order valence-corrected chi connectivity index (χ4v) is 2.14. The third-order valence-electron chi connectivity index (χ3n) is 2.44. The molecule has 98 valence electrons. The third kappa shape index (κ3) is 4.87. The van der Waals surface area contributed by atoms with Crippen molar-refractivity contribution < 1.29 is 19.1 Å². The molecule has 0 aliphatic rings. The molecule has 0 spiro atoms. The van der Waals surface area contributed by atoms with Gasteiger partial charge in [0.1, 0.15) is 0 Å². The second-order valence-corrected chi connectivity index (χ2v) is 4.71. The van der Waals surface area contributed by atoms with E-state index in [0.717, 1.165) is 15.6 Å². The van der Waals surface area contributed by atoms with Crippen LogP contribution in [-0.4, -0.2) is 26.2 Å². The Hall–Kier alpha value is -1.36. The number of aryl methyl sites for hydroxylation is 1. The first kappa shape index (κ1) is 14.7. The SMILES string of the molecule is COC(=O)CCc1cc(Br)cc(CC(=O)OC)c1. The van der Waals surface area contributed by atoms with E-state index < -0.39 is 0 Å². The molecule has 0 saturated heterocycles. The molecule has 0 radical (unpaired) electrons. The van der Waals surface area contributed by atoms with Gasteiger partial charge in [-0.2, -0.15) is 0 Å². The van der Waals surface area contributed by atoms with Crippen molar-refractivity contribution >= 4 is 27.9 Å². The van der Waals surface area contributed by atoms with Crippen LogP contribution in [0.5, 0.6) is 0 Å². The normalized spacial score (nSPS) is 9.94. The Morgan fingerprint density at radius 3 is 2.28 bits per heavy atom. The quantitative estimate of drug-likeness (QED) is 0.782. The first-order valence-corrected chi connectivity index (χ1v) is 6.26. The summed E-state index contributed by atoms with van der Waals surface area (Å²) in [6.07, 6.45) is 1.13. The molecule has 0 unspecified atom stereocenters. The largest absolute Gasteiger partial charge is 0.469 e. The Morgan fingerprint density at radius 2 is 1.67 bits per heavy atom. The summed E-state index contributed by atoms with van der Waals surface area (Å²) < 4.78 is 10.1. The van der Waals surface area contributed by atoms with Crippen molar-refractivity contribution in [3.8, 4) is 0 Å². The van der Waals surface area contributed by atoms with Crippen LogP contribution in [-0.2, 0) is 31.9 Å². The highest BCUT2D eigenvalue weighted by Crippen LogP contribution is 2.18. The first-order valence-electron chi connectivity index (χ1n) is 5.47. The standard InChI is InChI=1S/C13H15BrO4/c1-17-12(15)4-3-9-5-10(7-11(14)6-9)8-13(16)18-2/h5-7H,3-4,8H2,1-2H3. The highest BCUT2D eigenvalue weighted by Gasteiger charge is 2.07. The molecule has 0 aliphatic carbocycles. The van der Waals surface area contributed by atoms with Crippen LogP contribution in [0.2, 0.25) is 0 Å². The zero-order valence-corrected chi connectivity index (χ0v) is 12.0. The van der Waals surface area contributed by atoms with Crippen LogP contribution in [0.1, 0.15) is 17.5 Å². The van der Waals surface area contributed by atoms with Gasteiger partial charge in [0, 0.05) is 10.9 Å². The number of ether oxygens (including phenoxy) is 2. The summed E-state index contributed by atoms with van der Waals surface area (Å²) in [6.45, 7) is 0. The highest BCUT2D eigenvalue weighted by molar-refractivity contribution is 9.10. The monoisotopic (exact) mass is 314 g/mol. The van der Waals surface area contributed by atoms with Crippen molar-refractivity contribution in [2.24, 2.45) is 0 Å². The zero-order chi connectivity index (χ0) is 13.5. The second kappa shape index (κ2) is 7.16. The summed E-state index contributed by atoms with van der Waals surface area (Å²) in [5.41, 5.74) is 1.84. The number of rotatable bonds is 5. The molecule has 0 aromatic heterocycles. The smallest absolute Gasteiger partial charge is 0.309 e. The summed E-state index contributed by atoms with van der Waals surface area (Å²) in [5.74, 6) is -0.531. The maximum absolute atomic E-state index is 11.2. The Balaban J connectivity index is 2.74. The predicted molar refractivity (Wildman–Crippen MR) is 70.2 cm³/mol. The molecular formula is C13H15BrO4. The molecule has 0 atom stereocenters. The zero-order valence-electron chi connectivity index (χ0n) is 10.4. The minimum absolute atomic E-state index is 0.223. The van der Waals surface area contributed by atoms with E-state index in [9.17, 15) is 9.59 Å². The molecule has 0 aliphatic heterocycles. The average molecular weight is 315 g/mol. The molecule has 1 aromatic carbocycles.